The molecule has 0 N–H and O–H groups in total. The van der Waals surface area contributed by atoms with Crippen molar-refractivity contribution >= 4 is 33.9 Å². The molecule has 1 atom stereocenters. The van der Waals surface area contributed by atoms with Crippen molar-refractivity contribution in [3.63, 3.8) is 0 Å². The van der Waals surface area contributed by atoms with Gasteiger partial charge in [-0.1, -0.05) is 29.8 Å². The summed E-state index contributed by atoms with van der Waals surface area (Å²) in [5.41, 5.74) is 2.93. The Morgan fingerprint density at radius 1 is 1.33 bits per heavy atom. The van der Waals surface area contributed by atoms with Gasteiger partial charge in [0.1, 0.15) is 11.3 Å². The smallest absolute Gasteiger partial charge is 0.157 e. The third kappa shape index (κ3) is 2.74. The van der Waals surface area contributed by atoms with Gasteiger partial charge in [-0.05, 0) is 19.9 Å². The highest BCUT2D eigenvalue weighted by Crippen LogP contribution is 2.33. The van der Waals surface area contributed by atoms with Gasteiger partial charge in [-0.3, -0.25) is 4.68 Å². The molecule has 4 rings (SSSR count). The molecule has 3 heterocycles. The number of hydrogen-bond acceptors (Lipinski definition) is 4. The van der Waals surface area contributed by atoms with Gasteiger partial charge in [-0.2, -0.15) is 5.10 Å². The number of nitrogens with zero attached hydrogens (tertiary/aromatic N) is 3. The standard InChI is InChI=1S/C18H16ClN3OS/c1-11(22-9-13(19)8-20-22)7-17-21-15(10-24-17)18-12(2)14-5-3-4-6-16(14)23-18/h3-6,8-11H,7H2,1-2H3/t11-/m1/s1. The zero-order valence-corrected chi connectivity index (χ0v) is 14.9. The molecule has 0 amide bonds. The van der Waals surface area contributed by atoms with Crippen molar-refractivity contribution in [1.29, 1.82) is 0 Å². The molecule has 122 valence electrons. The predicted molar refractivity (Wildman–Crippen MR) is 97.7 cm³/mol. The van der Waals surface area contributed by atoms with Crippen molar-refractivity contribution in [3.05, 3.63) is 57.6 Å². The summed E-state index contributed by atoms with van der Waals surface area (Å²) in [6.07, 6.45) is 4.30. The molecule has 4 nitrogen and oxygen atoms in total. The van der Waals surface area contributed by atoms with Crippen molar-refractivity contribution in [1.82, 2.24) is 14.8 Å². The molecule has 0 saturated heterocycles. The molecular formula is C18H16ClN3OS. The molecular weight excluding hydrogens is 342 g/mol. The summed E-state index contributed by atoms with van der Waals surface area (Å²) in [6, 6.07) is 8.28. The lowest BCUT2D eigenvalue weighted by molar-refractivity contribution is 0.488. The molecule has 6 heteroatoms. The van der Waals surface area contributed by atoms with Gasteiger partial charge in [-0.25, -0.2) is 4.98 Å². The molecule has 0 saturated carbocycles. The minimum atomic E-state index is 0.202. The van der Waals surface area contributed by atoms with Crippen LogP contribution >= 0.6 is 22.9 Å². The van der Waals surface area contributed by atoms with Crippen LogP contribution in [0.4, 0.5) is 0 Å². The molecule has 0 unspecified atom stereocenters. The van der Waals surface area contributed by atoms with Crippen LogP contribution in [0, 0.1) is 6.92 Å². The van der Waals surface area contributed by atoms with Crippen LogP contribution in [-0.4, -0.2) is 14.8 Å². The first-order valence-electron chi connectivity index (χ1n) is 7.74. The molecule has 0 spiro atoms. The minimum absolute atomic E-state index is 0.202. The SMILES string of the molecule is Cc1c(-c2csc(C[C@@H](C)n3cc(Cl)cn3)n2)oc2ccccc12. The van der Waals surface area contributed by atoms with Gasteiger partial charge in [0, 0.05) is 28.9 Å². The van der Waals surface area contributed by atoms with Crippen molar-refractivity contribution in [2.75, 3.05) is 0 Å². The van der Waals surface area contributed by atoms with Crippen LogP contribution in [0.15, 0.2) is 46.5 Å². The molecule has 1 aromatic carbocycles. The number of benzene rings is 1. The van der Waals surface area contributed by atoms with Crippen LogP contribution in [0.25, 0.3) is 22.4 Å². The Balaban J connectivity index is 1.61. The molecule has 0 aliphatic heterocycles. The normalized spacial score (nSPS) is 12.8. The van der Waals surface area contributed by atoms with E-state index in [4.69, 9.17) is 21.0 Å². The number of rotatable bonds is 4. The maximum Gasteiger partial charge on any atom is 0.157 e. The highest BCUT2D eigenvalue weighted by Gasteiger charge is 2.16. The van der Waals surface area contributed by atoms with E-state index in [0.29, 0.717) is 5.02 Å². The van der Waals surface area contributed by atoms with Crippen molar-refractivity contribution in [2.45, 2.75) is 26.3 Å². The monoisotopic (exact) mass is 357 g/mol. The van der Waals surface area contributed by atoms with Crippen LogP contribution in [0.2, 0.25) is 5.02 Å². The van der Waals surface area contributed by atoms with E-state index in [9.17, 15) is 0 Å². The number of fused-ring (bicyclic) bond motifs is 1. The second-order valence-corrected chi connectivity index (χ2v) is 7.25. The van der Waals surface area contributed by atoms with Gasteiger partial charge in [0.25, 0.3) is 0 Å². The van der Waals surface area contributed by atoms with Gasteiger partial charge in [0.05, 0.1) is 22.3 Å². The first kappa shape index (κ1) is 15.4. The fraction of sp³-hybridized carbons (Fsp3) is 0.222. The number of furan rings is 1. The Bertz CT molecular complexity index is 1000. The third-order valence-electron chi connectivity index (χ3n) is 4.12. The number of aryl methyl sites for hydroxylation is 1. The highest BCUT2D eigenvalue weighted by atomic mass is 35.5. The molecule has 4 aromatic rings. The summed E-state index contributed by atoms with van der Waals surface area (Å²) >= 11 is 7.59. The van der Waals surface area contributed by atoms with Crippen molar-refractivity contribution in [2.24, 2.45) is 0 Å². The highest BCUT2D eigenvalue weighted by molar-refractivity contribution is 7.09. The first-order valence-corrected chi connectivity index (χ1v) is 9.00. The molecule has 0 aliphatic carbocycles. The topological polar surface area (TPSA) is 43.9 Å². The van der Waals surface area contributed by atoms with E-state index in [1.807, 2.05) is 29.1 Å². The van der Waals surface area contributed by atoms with Gasteiger partial charge < -0.3 is 4.42 Å². The summed E-state index contributed by atoms with van der Waals surface area (Å²) in [5.74, 6) is 0.855. The maximum absolute atomic E-state index is 6.00. The molecule has 0 fully saturated rings. The first-order chi connectivity index (χ1) is 11.6. The Morgan fingerprint density at radius 3 is 2.92 bits per heavy atom. The number of hydrogen-bond donors (Lipinski definition) is 0. The Hall–Kier alpha value is -2.11. The largest absolute Gasteiger partial charge is 0.454 e. The Labute approximate surface area is 148 Å². The Morgan fingerprint density at radius 2 is 2.17 bits per heavy atom. The zero-order chi connectivity index (χ0) is 16.7. The lowest BCUT2D eigenvalue weighted by Gasteiger charge is -2.09. The van der Waals surface area contributed by atoms with E-state index in [1.165, 1.54) is 0 Å². The summed E-state index contributed by atoms with van der Waals surface area (Å²) in [6.45, 7) is 4.19. The average Bonchev–Trinajstić information content (AvgIpc) is 3.27. The summed E-state index contributed by atoms with van der Waals surface area (Å²) in [7, 11) is 0. The van der Waals surface area contributed by atoms with Gasteiger partial charge in [-0.15, -0.1) is 11.3 Å². The molecule has 0 aliphatic rings. The lowest BCUT2D eigenvalue weighted by atomic mass is 10.1. The van der Waals surface area contributed by atoms with E-state index >= 15 is 0 Å². The van der Waals surface area contributed by atoms with Crippen molar-refractivity contribution in [3.8, 4) is 11.5 Å². The summed E-state index contributed by atoms with van der Waals surface area (Å²) in [4.78, 5) is 4.76. The van der Waals surface area contributed by atoms with Crippen LogP contribution in [0.3, 0.4) is 0 Å². The number of thiazole rings is 1. The predicted octanol–water partition coefficient (Wildman–Crippen LogP) is 5.52. The van der Waals surface area contributed by atoms with E-state index in [0.717, 1.165) is 39.4 Å². The zero-order valence-electron chi connectivity index (χ0n) is 13.4. The summed E-state index contributed by atoms with van der Waals surface area (Å²) in [5, 5.41) is 9.17. The van der Waals surface area contributed by atoms with Crippen LogP contribution in [0.5, 0.6) is 0 Å². The second-order valence-electron chi connectivity index (χ2n) is 5.87. The number of aromatic nitrogens is 3. The van der Waals surface area contributed by atoms with Crippen LogP contribution in [0.1, 0.15) is 23.5 Å². The molecule has 0 radical (unpaired) electrons. The minimum Gasteiger partial charge on any atom is -0.454 e. The van der Waals surface area contributed by atoms with E-state index in [2.05, 4.69) is 30.4 Å². The van der Waals surface area contributed by atoms with Gasteiger partial charge in [0.15, 0.2) is 5.76 Å². The van der Waals surface area contributed by atoms with Crippen LogP contribution < -0.4 is 0 Å². The second kappa shape index (κ2) is 6.07. The molecule has 0 bridgehead atoms. The average molecular weight is 358 g/mol. The van der Waals surface area contributed by atoms with Gasteiger partial charge >= 0.3 is 0 Å². The van der Waals surface area contributed by atoms with Crippen molar-refractivity contribution < 1.29 is 4.42 Å². The lowest BCUT2D eigenvalue weighted by Crippen LogP contribution is -2.08. The quantitative estimate of drug-likeness (QED) is 0.483. The van der Waals surface area contributed by atoms with E-state index in [-0.39, 0.29) is 6.04 Å². The fourth-order valence-electron chi connectivity index (χ4n) is 2.83. The summed E-state index contributed by atoms with van der Waals surface area (Å²) < 4.78 is 7.87. The fourth-order valence-corrected chi connectivity index (χ4v) is 3.87. The van der Waals surface area contributed by atoms with Gasteiger partial charge in [0.2, 0.25) is 0 Å². The maximum atomic E-state index is 6.00. The Kier molecular flexibility index (Phi) is 3.90. The van der Waals surface area contributed by atoms with E-state index < -0.39 is 0 Å². The van der Waals surface area contributed by atoms with Crippen LogP contribution in [-0.2, 0) is 6.42 Å². The molecule has 3 aromatic heterocycles. The molecule has 24 heavy (non-hydrogen) atoms. The van der Waals surface area contributed by atoms with E-state index in [1.54, 1.807) is 17.5 Å². The number of para-hydroxylation sites is 1. The number of halogens is 1. The third-order valence-corrected chi connectivity index (χ3v) is 5.19.